The maximum absolute atomic E-state index is 12.1. The average molecular weight is 305 g/mol. The molecule has 1 atom stereocenters. The smallest absolute Gasteiger partial charge is 0.311 e. The normalized spacial score (nSPS) is 20.7. The quantitative estimate of drug-likeness (QED) is 0.835. The van der Waals surface area contributed by atoms with Crippen LogP contribution in [0.2, 0.25) is 0 Å². The molecule has 1 aliphatic rings. The third-order valence-electron chi connectivity index (χ3n) is 3.95. The third kappa shape index (κ3) is 3.44. The first-order valence-corrected chi connectivity index (χ1v) is 7.07. The van der Waals surface area contributed by atoms with Gasteiger partial charge in [0.2, 0.25) is 0 Å². The van der Waals surface area contributed by atoms with Crippen molar-refractivity contribution in [1.82, 2.24) is 4.90 Å². The zero-order chi connectivity index (χ0) is 16.3. The van der Waals surface area contributed by atoms with Crippen molar-refractivity contribution in [2.24, 2.45) is 5.41 Å². The molecule has 6 heteroatoms. The maximum atomic E-state index is 12.1. The number of benzene rings is 1. The highest BCUT2D eigenvalue weighted by atomic mass is 16.5. The average Bonchev–Trinajstić information content (AvgIpc) is 2.89. The van der Waals surface area contributed by atoms with E-state index in [0.29, 0.717) is 24.3 Å². The number of aliphatic carboxylic acids is 1. The third-order valence-corrected chi connectivity index (χ3v) is 3.95. The molecular weight excluding hydrogens is 286 g/mol. The van der Waals surface area contributed by atoms with Crippen LogP contribution in [0.3, 0.4) is 0 Å². The molecule has 0 aromatic heterocycles. The summed E-state index contributed by atoms with van der Waals surface area (Å²) in [6.07, 6.45) is 0.438. The first kappa shape index (κ1) is 16.0. The fourth-order valence-electron chi connectivity index (χ4n) is 2.39. The number of carbonyl (C=O) groups is 3. The standard InChI is InChI=1S/C16H19NO5/c1-11(18)12-4-3-5-13(8-12)22-9-14(19)17-7-6-16(2,10-17)15(20)21/h3-5,8H,6-7,9-10H2,1-2H3,(H,20,21)/t16-/m1/s1. The molecule has 118 valence electrons. The molecule has 1 aromatic carbocycles. The first-order chi connectivity index (χ1) is 10.3. The highest BCUT2D eigenvalue weighted by molar-refractivity contribution is 5.94. The summed E-state index contributed by atoms with van der Waals surface area (Å²) in [5.74, 6) is -0.772. The molecule has 1 aliphatic heterocycles. The molecule has 6 nitrogen and oxygen atoms in total. The molecule has 0 unspecified atom stereocenters. The van der Waals surface area contributed by atoms with E-state index in [-0.39, 0.29) is 24.8 Å². The van der Waals surface area contributed by atoms with Crippen molar-refractivity contribution in [3.63, 3.8) is 0 Å². The second kappa shape index (κ2) is 6.17. The van der Waals surface area contributed by atoms with Crippen LogP contribution >= 0.6 is 0 Å². The predicted octanol–water partition coefficient (Wildman–Crippen LogP) is 1.59. The Morgan fingerprint density at radius 2 is 2.09 bits per heavy atom. The SMILES string of the molecule is CC(=O)c1cccc(OCC(=O)N2CC[C@@](C)(C(=O)O)C2)c1. The number of ketones is 1. The molecule has 1 amide bonds. The van der Waals surface area contributed by atoms with Crippen LogP contribution in [-0.4, -0.2) is 47.4 Å². The summed E-state index contributed by atoms with van der Waals surface area (Å²) in [7, 11) is 0. The summed E-state index contributed by atoms with van der Waals surface area (Å²) in [5, 5.41) is 9.16. The van der Waals surface area contributed by atoms with Gasteiger partial charge in [-0.05, 0) is 32.4 Å². The summed E-state index contributed by atoms with van der Waals surface area (Å²) in [6.45, 7) is 3.54. The van der Waals surface area contributed by atoms with E-state index in [1.54, 1.807) is 31.2 Å². The number of hydrogen-bond acceptors (Lipinski definition) is 4. The minimum atomic E-state index is -0.891. The van der Waals surface area contributed by atoms with Crippen LogP contribution in [-0.2, 0) is 9.59 Å². The Balaban J connectivity index is 1.93. The lowest BCUT2D eigenvalue weighted by atomic mass is 9.90. The van der Waals surface area contributed by atoms with Crippen molar-refractivity contribution >= 4 is 17.7 Å². The minimum Gasteiger partial charge on any atom is -0.484 e. The fourth-order valence-corrected chi connectivity index (χ4v) is 2.39. The van der Waals surface area contributed by atoms with Crippen molar-refractivity contribution in [2.45, 2.75) is 20.3 Å². The zero-order valence-corrected chi connectivity index (χ0v) is 12.7. The Morgan fingerprint density at radius 3 is 2.68 bits per heavy atom. The molecule has 0 saturated carbocycles. The molecule has 22 heavy (non-hydrogen) atoms. The second-order valence-corrected chi connectivity index (χ2v) is 5.80. The van der Waals surface area contributed by atoms with E-state index in [9.17, 15) is 14.4 Å². The van der Waals surface area contributed by atoms with Gasteiger partial charge < -0.3 is 14.7 Å². The maximum Gasteiger partial charge on any atom is 0.311 e. The molecule has 2 rings (SSSR count). The lowest BCUT2D eigenvalue weighted by Crippen LogP contribution is -2.37. The van der Waals surface area contributed by atoms with Crippen molar-refractivity contribution in [2.75, 3.05) is 19.7 Å². The number of Topliss-reactive ketones (excluding diaryl/α,β-unsaturated/α-hetero) is 1. The highest BCUT2D eigenvalue weighted by Gasteiger charge is 2.42. The molecular formula is C16H19NO5. The monoisotopic (exact) mass is 305 g/mol. The second-order valence-electron chi connectivity index (χ2n) is 5.80. The van der Waals surface area contributed by atoms with Gasteiger partial charge in [0.1, 0.15) is 5.75 Å². The summed E-state index contributed by atoms with van der Waals surface area (Å²) in [5.41, 5.74) is -0.367. The van der Waals surface area contributed by atoms with Crippen LogP contribution in [0.5, 0.6) is 5.75 Å². The number of likely N-dealkylation sites (tertiary alicyclic amines) is 1. The lowest BCUT2D eigenvalue weighted by molar-refractivity contribution is -0.147. The van der Waals surface area contributed by atoms with Gasteiger partial charge in [-0.25, -0.2) is 0 Å². The van der Waals surface area contributed by atoms with Gasteiger partial charge in [-0.1, -0.05) is 12.1 Å². The van der Waals surface area contributed by atoms with E-state index < -0.39 is 11.4 Å². The zero-order valence-electron chi connectivity index (χ0n) is 12.7. The number of amides is 1. The summed E-state index contributed by atoms with van der Waals surface area (Å²) >= 11 is 0. The van der Waals surface area contributed by atoms with Gasteiger partial charge in [0, 0.05) is 18.7 Å². The number of carboxylic acids is 1. The summed E-state index contributed by atoms with van der Waals surface area (Å²) < 4.78 is 5.41. The van der Waals surface area contributed by atoms with Gasteiger partial charge in [0.25, 0.3) is 5.91 Å². The summed E-state index contributed by atoms with van der Waals surface area (Å²) in [6, 6.07) is 6.62. The molecule has 1 N–H and O–H groups in total. The van der Waals surface area contributed by atoms with Crippen molar-refractivity contribution in [3.05, 3.63) is 29.8 Å². The Morgan fingerprint density at radius 1 is 1.36 bits per heavy atom. The van der Waals surface area contributed by atoms with Crippen molar-refractivity contribution in [3.8, 4) is 5.75 Å². The van der Waals surface area contributed by atoms with Crippen molar-refractivity contribution in [1.29, 1.82) is 0 Å². The Bertz CT molecular complexity index is 612. The van der Waals surface area contributed by atoms with Gasteiger partial charge in [0.05, 0.1) is 5.41 Å². The van der Waals surface area contributed by atoms with Crippen LogP contribution in [0.4, 0.5) is 0 Å². The first-order valence-electron chi connectivity index (χ1n) is 7.07. The van der Waals surface area contributed by atoms with E-state index in [2.05, 4.69) is 0 Å². The van der Waals surface area contributed by atoms with E-state index in [1.165, 1.54) is 11.8 Å². The van der Waals surface area contributed by atoms with Gasteiger partial charge >= 0.3 is 5.97 Å². The summed E-state index contributed by atoms with van der Waals surface area (Å²) in [4.78, 5) is 36.1. The topological polar surface area (TPSA) is 83.9 Å². The van der Waals surface area contributed by atoms with Crippen LogP contribution in [0.25, 0.3) is 0 Å². The molecule has 0 spiro atoms. The molecule has 0 radical (unpaired) electrons. The number of carbonyl (C=O) groups excluding carboxylic acids is 2. The molecule has 0 bridgehead atoms. The number of nitrogens with zero attached hydrogens (tertiary/aromatic N) is 1. The van der Waals surface area contributed by atoms with Crippen LogP contribution in [0.1, 0.15) is 30.6 Å². The van der Waals surface area contributed by atoms with Gasteiger partial charge in [-0.3, -0.25) is 14.4 Å². The highest BCUT2D eigenvalue weighted by Crippen LogP contribution is 2.30. The van der Waals surface area contributed by atoms with Gasteiger partial charge in [-0.15, -0.1) is 0 Å². The number of ether oxygens (including phenoxy) is 1. The van der Waals surface area contributed by atoms with E-state index >= 15 is 0 Å². The van der Waals surface area contributed by atoms with Gasteiger partial charge in [-0.2, -0.15) is 0 Å². The lowest BCUT2D eigenvalue weighted by Gasteiger charge is -2.20. The largest absolute Gasteiger partial charge is 0.484 e. The predicted molar refractivity (Wildman–Crippen MR) is 78.9 cm³/mol. The molecule has 1 aromatic rings. The Kier molecular flexibility index (Phi) is 4.49. The van der Waals surface area contributed by atoms with Gasteiger partial charge in [0.15, 0.2) is 12.4 Å². The number of rotatable bonds is 5. The van der Waals surface area contributed by atoms with Crippen LogP contribution < -0.4 is 4.74 Å². The molecule has 1 fully saturated rings. The molecule has 1 heterocycles. The van der Waals surface area contributed by atoms with Crippen LogP contribution in [0, 0.1) is 5.41 Å². The minimum absolute atomic E-state index is 0.0754. The molecule has 1 saturated heterocycles. The van der Waals surface area contributed by atoms with E-state index in [0.717, 1.165) is 0 Å². The Labute approximate surface area is 128 Å². The molecule has 0 aliphatic carbocycles. The van der Waals surface area contributed by atoms with Crippen LogP contribution in [0.15, 0.2) is 24.3 Å². The fraction of sp³-hybridized carbons (Fsp3) is 0.438. The number of hydrogen-bond donors (Lipinski definition) is 1. The van der Waals surface area contributed by atoms with E-state index in [1.807, 2.05) is 0 Å². The van der Waals surface area contributed by atoms with E-state index in [4.69, 9.17) is 9.84 Å². The van der Waals surface area contributed by atoms with Crippen molar-refractivity contribution < 1.29 is 24.2 Å². The number of carboxylic acid groups (broad SMARTS) is 1. The Hall–Kier alpha value is -2.37.